The number of thiazole rings is 1. The molecule has 0 aliphatic rings. The number of nitrogens with zero attached hydrogens (tertiary/aromatic N) is 4. The van der Waals surface area contributed by atoms with Crippen LogP contribution in [0.5, 0.6) is 5.88 Å². The maximum absolute atomic E-state index is 12.4. The molecule has 26 heavy (non-hydrogen) atoms. The number of aryl methyl sites for hydroxylation is 1. The maximum atomic E-state index is 12.4. The van der Waals surface area contributed by atoms with Gasteiger partial charge in [0, 0.05) is 36.1 Å². The molecule has 0 spiro atoms. The summed E-state index contributed by atoms with van der Waals surface area (Å²) >= 11 is 1.38. The van der Waals surface area contributed by atoms with E-state index in [9.17, 15) is 4.79 Å². The number of carbonyl (C=O) groups is 1. The molecular weight excluding hydrogens is 350 g/mol. The lowest BCUT2D eigenvalue weighted by Crippen LogP contribution is -2.11. The number of nitrogens with one attached hydrogen (secondary N) is 1. The first-order chi connectivity index (χ1) is 12.7. The predicted molar refractivity (Wildman–Crippen MR) is 101 cm³/mol. The van der Waals surface area contributed by atoms with Crippen LogP contribution in [-0.2, 0) is 7.05 Å². The summed E-state index contributed by atoms with van der Waals surface area (Å²) in [6, 6.07) is 9.02. The van der Waals surface area contributed by atoms with Gasteiger partial charge in [0.2, 0.25) is 5.88 Å². The van der Waals surface area contributed by atoms with Crippen LogP contribution >= 0.6 is 11.3 Å². The van der Waals surface area contributed by atoms with E-state index in [0.717, 1.165) is 15.8 Å². The van der Waals surface area contributed by atoms with Gasteiger partial charge in [-0.15, -0.1) is 0 Å². The third kappa shape index (κ3) is 2.91. The third-order valence-corrected chi connectivity index (χ3v) is 4.86. The molecule has 0 fully saturated rings. The van der Waals surface area contributed by atoms with Crippen LogP contribution in [0, 0.1) is 0 Å². The minimum atomic E-state index is -0.209. The van der Waals surface area contributed by atoms with Crippen LogP contribution in [0.1, 0.15) is 10.4 Å². The van der Waals surface area contributed by atoms with Crippen molar-refractivity contribution in [2.75, 3.05) is 12.4 Å². The van der Waals surface area contributed by atoms with Crippen molar-refractivity contribution in [1.29, 1.82) is 0 Å². The number of fused-ring (bicyclic) bond motifs is 1. The first-order valence-electron chi connectivity index (χ1n) is 7.84. The van der Waals surface area contributed by atoms with Crippen molar-refractivity contribution in [3.63, 3.8) is 0 Å². The average Bonchev–Trinajstić information content (AvgIpc) is 3.27. The van der Waals surface area contributed by atoms with Crippen molar-refractivity contribution in [3.05, 3.63) is 54.5 Å². The smallest absolute Gasteiger partial charge is 0.257 e. The molecule has 1 aromatic carbocycles. The average molecular weight is 365 g/mol. The zero-order valence-corrected chi connectivity index (χ0v) is 14.9. The number of hydrogen-bond acceptors (Lipinski definition) is 6. The van der Waals surface area contributed by atoms with Crippen molar-refractivity contribution < 1.29 is 9.53 Å². The molecule has 0 bridgehead atoms. The largest absolute Gasteiger partial charge is 0.479 e. The summed E-state index contributed by atoms with van der Waals surface area (Å²) < 4.78 is 7.94. The number of amides is 1. The van der Waals surface area contributed by atoms with Crippen molar-refractivity contribution in [2.24, 2.45) is 7.05 Å². The molecule has 3 aromatic heterocycles. The Morgan fingerprint density at radius 3 is 2.73 bits per heavy atom. The van der Waals surface area contributed by atoms with Crippen LogP contribution in [0.2, 0.25) is 0 Å². The molecule has 3 heterocycles. The van der Waals surface area contributed by atoms with Crippen LogP contribution in [0.25, 0.3) is 21.3 Å². The van der Waals surface area contributed by atoms with Crippen molar-refractivity contribution >= 4 is 32.6 Å². The van der Waals surface area contributed by atoms with Gasteiger partial charge >= 0.3 is 0 Å². The van der Waals surface area contributed by atoms with Crippen LogP contribution in [-0.4, -0.2) is 32.8 Å². The fourth-order valence-electron chi connectivity index (χ4n) is 2.62. The molecule has 8 heteroatoms. The number of aromatic nitrogens is 4. The normalized spacial score (nSPS) is 10.8. The number of carbonyl (C=O) groups excluding carboxylic acids is 1. The highest BCUT2D eigenvalue weighted by Gasteiger charge is 2.17. The minimum absolute atomic E-state index is 0.209. The molecule has 130 valence electrons. The molecule has 0 aliphatic heterocycles. The molecule has 0 saturated carbocycles. The van der Waals surface area contributed by atoms with E-state index in [1.165, 1.54) is 11.3 Å². The lowest BCUT2D eigenvalue weighted by molar-refractivity contribution is 0.102. The quantitative estimate of drug-likeness (QED) is 0.600. The highest BCUT2D eigenvalue weighted by molar-refractivity contribution is 7.23. The summed E-state index contributed by atoms with van der Waals surface area (Å²) in [7, 11) is 3.41. The van der Waals surface area contributed by atoms with Gasteiger partial charge in [-0.05, 0) is 12.1 Å². The van der Waals surface area contributed by atoms with Gasteiger partial charge in [-0.2, -0.15) is 5.10 Å². The summed E-state index contributed by atoms with van der Waals surface area (Å²) in [5.74, 6) is 0.212. The van der Waals surface area contributed by atoms with Crippen LogP contribution < -0.4 is 10.1 Å². The lowest BCUT2D eigenvalue weighted by atomic mass is 10.1. The summed E-state index contributed by atoms with van der Waals surface area (Å²) in [6.07, 6.45) is 5.41. The molecule has 1 amide bonds. The number of benzene rings is 1. The van der Waals surface area contributed by atoms with E-state index in [1.54, 1.807) is 36.3 Å². The Morgan fingerprint density at radius 1 is 1.23 bits per heavy atom. The minimum Gasteiger partial charge on any atom is -0.479 e. The van der Waals surface area contributed by atoms with E-state index >= 15 is 0 Å². The first kappa shape index (κ1) is 16.2. The van der Waals surface area contributed by atoms with Gasteiger partial charge in [-0.3, -0.25) is 14.8 Å². The number of ether oxygens (including phenoxy) is 1. The molecule has 1 N–H and O–H groups in total. The van der Waals surface area contributed by atoms with E-state index in [0.29, 0.717) is 22.1 Å². The zero-order valence-electron chi connectivity index (χ0n) is 14.1. The topological polar surface area (TPSA) is 81.9 Å². The van der Waals surface area contributed by atoms with Crippen molar-refractivity contribution in [2.45, 2.75) is 0 Å². The molecule has 0 atom stereocenters. The molecule has 4 aromatic rings. The zero-order chi connectivity index (χ0) is 18.1. The van der Waals surface area contributed by atoms with Gasteiger partial charge in [-0.1, -0.05) is 29.5 Å². The number of methoxy groups -OCH3 is 1. The summed E-state index contributed by atoms with van der Waals surface area (Å²) in [4.78, 5) is 21.2. The Labute approximate surface area is 153 Å². The summed E-state index contributed by atoms with van der Waals surface area (Å²) in [5, 5.41) is 7.55. The summed E-state index contributed by atoms with van der Waals surface area (Å²) in [5.41, 5.74) is 3.01. The first-order valence-corrected chi connectivity index (χ1v) is 8.66. The molecule has 0 aliphatic carbocycles. The van der Waals surface area contributed by atoms with E-state index in [1.807, 2.05) is 31.4 Å². The Morgan fingerprint density at radius 2 is 2.04 bits per heavy atom. The van der Waals surface area contributed by atoms with Gasteiger partial charge in [0.05, 0.1) is 18.0 Å². The third-order valence-electron chi connectivity index (χ3n) is 3.85. The SMILES string of the molecule is COc1ncc(-c2cnn(C)c2)c2sc(NC(=O)c3ccccc3)nc12. The predicted octanol–water partition coefficient (Wildman–Crippen LogP) is 3.35. The summed E-state index contributed by atoms with van der Waals surface area (Å²) in [6.45, 7) is 0. The van der Waals surface area contributed by atoms with Gasteiger partial charge in [0.15, 0.2) is 5.13 Å². The highest BCUT2D eigenvalue weighted by Crippen LogP contribution is 2.38. The number of rotatable bonds is 4. The highest BCUT2D eigenvalue weighted by atomic mass is 32.1. The van der Waals surface area contributed by atoms with E-state index in [4.69, 9.17) is 4.74 Å². The molecule has 0 unspecified atom stereocenters. The Kier molecular flexibility index (Phi) is 4.10. The second-order valence-corrected chi connectivity index (χ2v) is 6.60. The molecule has 0 radical (unpaired) electrons. The van der Waals surface area contributed by atoms with Crippen LogP contribution in [0.4, 0.5) is 5.13 Å². The monoisotopic (exact) mass is 365 g/mol. The standard InChI is InChI=1S/C18H15N5O2S/c1-23-10-12(8-20-23)13-9-19-17(25-2)14-15(13)26-18(21-14)22-16(24)11-6-4-3-5-7-11/h3-10H,1-2H3,(H,21,22,24). The molecular formula is C18H15N5O2S. The second-order valence-electron chi connectivity index (χ2n) is 5.60. The van der Waals surface area contributed by atoms with E-state index in [-0.39, 0.29) is 5.91 Å². The van der Waals surface area contributed by atoms with Crippen LogP contribution in [0.15, 0.2) is 48.9 Å². The maximum Gasteiger partial charge on any atom is 0.257 e. The molecule has 4 rings (SSSR count). The number of hydrogen-bond donors (Lipinski definition) is 1. The number of pyridine rings is 1. The Balaban J connectivity index is 1.77. The molecule has 7 nitrogen and oxygen atoms in total. The number of anilines is 1. The van der Waals surface area contributed by atoms with Crippen molar-refractivity contribution in [1.82, 2.24) is 19.7 Å². The Bertz CT molecular complexity index is 1090. The van der Waals surface area contributed by atoms with Gasteiger partial charge < -0.3 is 4.74 Å². The second kappa shape index (κ2) is 6.57. The van der Waals surface area contributed by atoms with Gasteiger partial charge in [-0.25, -0.2) is 9.97 Å². The Hall–Kier alpha value is -3.26. The molecule has 0 saturated heterocycles. The van der Waals surface area contributed by atoms with Crippen LogP contribution in [0.3, 0.4) is 0 Å². The van der Waals surface area contributed by atoms with E-state index in [2.05, 4.69) is 20.4 Å². The van der Waals surface area contributed by atoms with Gasteiger partial charge in [0.1, 0.15) is 5.52 Å². The fraction of sp³-hybridized carbons (Fsp3) is 0.111. The fourth-order valence-corrected chi connectivity index (χ4v) is 3.60. The van der Waals surface area contributed by atoms with Gasteiger partial charge in [0.25, 0.3) is 5.91 Å². The van der Waals surface area contributed by atoms with E-state index < -0.39 is 0 Å². The van der Waals surface area contributed by atoms with Crippen molar-refractivity contribution in [3.8, 4) is 17.0 Å². The lowest BCUT2D eigenvalue weighted by Gasteiger charge is -2.02.